The molecule has 3 nitrogen and oxygen atoms in total. The van der Waals surface area contributed by atoms with Crippen LogP contribution in [0, 0.1) is 20.8 Å². The third kappa shape index (κ3) is 3.31. The quantitative estimate of drug-likeness (QED) is 0.890. The second-order valence-electron chi connectivity index (χ2n) is 5.33. The van der Waals surface area contributed by atoms with Crippen LogP contribution in [-0.4, -0.2) is 9.97 Å². The molecule has 1 N–H and O–H groups in total. The van der Waals surface area contributed by atoms with Gasteiger partial charge in [0.2, 0.25) is 5.95 Å². The van der Waals surface area contributed by atoms with Crippen LogP contribution < -0.4 is 5.32 Å². The molecule has 0 amide bonds. The Hall–Kier alpha value is -1.90. The fourth-order valence-corrected chi connectivity index (χ4v) is 2.09. The van der Waals surface area contributed by atoms with Gasteiger partial charge in [-0.15, -0.1) is 0 Å². The normalized spacial score (nSPS) is 10.8. The van der Waals surface area contributed by atoms with Crippen LogP contribution in [0.25, 0.3) is 0 Å². The van der Waals surface area contributed by atoms with E-state index in [1.807, 2.05) is 19.9 Å². The first kappa shape index (κ1) is 13.5. The van der Waals surface area contributed by atoms with E-state index < -0.39 is 0 Å². The number of hydrogen-bond acceptors (Lipinski definition) is 3. The average Bonchev–Trinajstić information content (AvgIpc) is 2.30. The van der Waals surface area contributed by atoms with Gasteiger partial charge in [0, 0.05) is 17.1 Å². The Labute approximate surface area is 115 Å². The number of benzene rings is 1. The third-order valence-electron chi connectivity index (χ3n) is 3.15. The minimum absolute atomic E-state index is 0.546. The van der Waals surface area contributed by atoms with Gasteiger partial charge in [0.05, 0.1) is 0 Å². The highest BCUT2D eigenvalue weighted by molar-refractivity contribution is 5.59. The summed E-state index contributed by atoms with van der Waals surface area (Å²) in [6.07, 6.45) is 0. The molecular weight excluding hydrogens is 234 g/mol. The summed E-state index contributed by atoms with van der Waals surface area (Å²) in [5.74, 6) is 1.21. The lowest BCUT2D eigenvalue weighted by molar-refractivity contribution is 0.865. The lowest BCUT2D eigenvalue weighted by atomic mass is 10.0. The summed E-state index contributed by atoms with van der Waals surface area (Å²) in [5, 5.41) is 3.30. The summed E-state index contributed by atoms with van der Waals surface area (Å²) in [6, 6.07) is 8.45. The molecule has 0 atom stereocenters. The highest BCUT2D eigenvalue weighted by Gasteiger charge is 2.05. The van der Waals surface area contributed by atoms with Crippen LogP contribution >= 0.6 is 0 Å². The van der Waals surface area contributed by atoms with Gasteiger partial charge in [0.15, 0.2) is 0 Å². The van der Waals surface area contributed by atoms with Gasteiger partial charge in [-0.2, -0.15) is 0 Å². The van der Waals surface area contributed by atoms with Crippen molar-refractivity contribution in [2.24, 2.45) is 0 Å². The van der Waals surface area contributed by atoms with Crippen molar-refractivity contribution >= 4 is 11.6 Å². The number of nitrogens with one attached hydrogen (secondary N) is 1. The van der Waals surface area contributed by atoms with E-state index in [4.69, 9.17) is 0 Å². The molecular formula is C16H21N3. The Morgan fingerprint density at radius 3 is 2.11 bits per heavy atom. The van der Waals surface area contributed by atoms with Crippen LogP contribution in [0.3, 0.4) is 0 Å². The van der Waals surface area contributed by atoms with Gasteiger partial charge in [-0.25, -0.2) is 9.97 Å². The van der Waals surface area contributed by atoms with Gasteiger partial charge in [0.1, 0.15) is 0 Å². The first-order chi connectivity index (χ1) is 8.95. The maximum absolute atomic E-state index is 4.41. The van der Waals surface area contributed by atoms with Gasteiger partial charge < -0.3 is 5.32 Å². The van der Waals surface area contributed by atoms with Crippen molar-refractivity contribution in [3.05, 3.63) is 46.8 Å². The zero-order chi connectivity index (χ0) is 14.0. The highest BCUT2D eigenvalue weighted by atomic mass is 15.1. The second kappa shape index (κ2) is 5.39. The zero-order valence-electron chi connectivity index (χ0n) is 12.3. The maximum atomic E-state index is 4.41. The molecule has 0 saturated carbocycles. The van der Waals surface area contributed by atoms with E-state index >= 15 is 0 Å². The SMILES string of the molecule is Cc1cc(C)nc(Nc2ccc(C(C)C)cc2C)n1. The number of nitrogens with zero attached hydrogens (tertiary/aromatic N) is 2. The van der Waals surface area contributed by atoms with Crippen LogP contribution in [0.4, 0.5) is 11.6 Å². The predicted octanol–water partition coefficient (Wildman–Crippen LogP) is 4.27. The zero-order valence-corrected chi connectivity index (χ0v) is 12.3. The number of anilines is 2. The van der Waals surface area contributed by atoms with Crippen molar-refractivity contribution in [3.63, 3.8) is 0 Å². The van der Waals surface area contributed by atoms with E-state index in [2.05, 4.69) is 54.3 Å². The summed E-state index contributed by atoms with van der Waals surface area (Å²) in [4.78, 5) is 8.81. The molecule has 0 aliphatic rings. The molecule has 1 aromatic heterocycles. The van der Waals surface area contributed by atoms with E-state index in [0.717, 1.165) is 17.1 Å². The van der Waals surface area contributed by atoms with E-state index in [1.165, 1.54) is 11.1 Å². The standard InChI is InChI=1S/C16H21N3/c1-10(2)14-6-7-15(11(3)8-14)19-16-17-12(4)9-13(5)18-16/h6-10H,1-5H3,(H,17,18,19). The van der Waals surface area contributed by atoms with Crippen LogP contribution in [-0.2, 0) is 0 Å². The molecule has 0 fully saturated rings. The topological polar surface area (TPSA) is 37.8 Å². The largest absolute Gasteiger partial charge is 0.324 e. The number of aryl methyl sites for hydroxylation is 3. The summed E-state index contributed by atoms with van der Waals surface area (Å²) >= 11 is 0. The summed E-state index contributed by atoms with van der Waals surface area (Å²) in [7, 11) is 0. The molecule has 19 heavy (non-hydrogen) atoms. The van der Waals surface area contributed by atoms with Gasteiger partial charge in [-0.1, -0.05) is 26.0 Å². The summed E-state index contributed by atoms with van der Waals surface area (Å²) in [5.41, 5.74) is 5.59. The highest BCUT2D eigenvalue weighted by Crippen LogP contribution is 2.23. The fourth-order valence-electron chi connectivity index (χ4n) is 2.09. The summed E-state index contributed by atoms with van der Waals surface area (Å²) < 4.78 is 0. The minimum Gasteiger partial charge on any atom is -0.324 e. The van der Waals surface area contributed by atoms with Gasteiger partial charge in [0.25, 0.3) is 0 Å². The van der Waals surface area contributed by atoms with E-state index in [-0.39, 0.29) is 0 Å². The lowest BCUT2D eigenvalue weighted by Gasteiger charge is -2.12. The molecule has 0 aliphatic carbocycles. The molecule has 0 unspecified atom stereocenters. The van der Waals surface area contributed by atoms with Crippen LogP contribution in [0.5, 0.6) is 0 Å². The fraction of sp³-hybridized carbons (Fsp3) is 0.375. The van der Waals surface area contributed by atoms with Crippen molar-refractivity contribution in [1.82, 2.24) is 9.97 Å². The van der Waals surface area contributed by atoms with Gasteiger partial charge in [-0.3, -0.25) is 0 Å². The average molecular weight is 255 g/mol. The van der Waals surface area contributed by atoms with Crippen LogP contribution in [0.2, 0.25) is 0 Å². The van der Waals surface area contributed by atoms with Crippen molar-refractivity contribution in [2.75, 3.05) is 5.32 Å². The predicted molar refractivity (Wildman–Crippen MR) is 80.1 cm³/mol. The molecule has 1 heterocycles. The monoisotopic (exact) mass is 255 g/mol. The number of rotatable bonds is 3. The third-order valence-corrected chi connectivity index (χ3v) is 3.15. The first-order valence-electron chi connectivity index (χ1n) is 6.65. The van der Waals surface area contributed by atoms with Crippen molar-refractivity contribution in [1.29, 1.82) is 0 Å². The second-order valence-corrected chi connectivity index (χ2v) is 5.33. The van der Waals surface area contributed by atoms with Crippen molar-refractivity contribution in [2.45, 2.75) is 40.5 Å². The Morgan fingerprint density at radius 1 is 0.947 bits per heavy atom. The molecule has 1 aromatic carbocycles. The van der Waals surface area contributed by atoms with Crippen LogP contribution in [0.15, 0.2) is 24.3 Å². The maximum Gasteiger partial charge on any atom is 0.227 e. The molecule has 0 spiro atoms. The molecule has 0 bridgehead atoms. The smallest absolute Gasteiger partial charge is 0.227 e. The number of aromatic nitrogens is 2. The molecule has 0 radical (unpaired) electrons. The number of hydrogen-bond donors (Lipinski definition) is 1. The molecule has 2 rings (SSSR count). The summed E-state index contributed by atoms with van der Waals surface area (Å²) in [6.45, 7) is 10.5. The van der Waals surface area contributed by atoms with Crippen molar-refractivity contribution < 1.29 is 0 Å². The molecule has 0 saturated heterocycles. The van der Waals surface area contributed by atoms with Crippen LogP contribution in [0.1, 0.15) is 42.3 Å². The first-order valence-corrected chi connectivity index (χ1v) is 6.65. The van der Waals surface area contributed by atoms with Gasteiger partial charge >= 0.3 is 0 Å². The Balaban J connectivity index is 2.28. The Kier molecular flexibility index (Phi) is 3.84. The Morgan fingerprint density at radius 2 is 1.58 bits per heavy atom. The van der Waals surface area contributed by atoms with E-state index in [0.29, 0.717) is 11.9 Å². The molecule has 0 aliphatic heterocycles. The minimum atomic E-state index is 0.546. The molecule has 2 aromatic rings. The lowest BCUT2D eigenvalue weighted by Crippen LogP contribution is -2.01. The van der Waals surface area contributed by atoms with Gasteiger partial charge in [-0.05, 0) is 49.9 Å². The van der Waals surface area contributed by atoms with Crippen molar-refractivity contribution in [3.8, 4) is 0 Å². The Bertz CT molecular complexity index is 568. The van der Waals surface area contributed by atoms with E-state index in [9.17, 15) is 0 Å². The molecule has 3 heteroatoms. The molecule has 100 valence electrons. The van der Waals surface area contributed by atoms with E-state index in [1.54, 1.807) is 0 Å².